The van der Waals surface area contributed by atoms with E-state index in [2.05, 4.69) is 21.4 Å². The third kappa shape index (κ3) is 3.69. The Labute approximate surface area is 156 Å². The van der Waals surface area contributed by atoms with E-state index in [0.29, 0.717) is 12.1 Å². The summed E-state index contributed by atoms with van der Waals surface area (Å²) in [7, 11) is 0. The van der Waals surface area contributed by atoms with Crippen LogP contribution < -0.4 is 10.2 Å². The molecule has 138 valence electrons. The lowest BCUT2D eigenvalue weighted by Crippen LogP contribution is -2.29. The number of fused-ring (bicyclic) bond motifs is 1. The zero-order chi connectivity index (χ0) is 18.8. The van der Waals surface area contributed by atoms with E-state index in [9.17, 15) is 9.18 Å². The molecule has 1 amide bonds. The molecule has 0 unspecified atom stereocenters. The SMILES string of the molecule is Cc1cc(CN2CCCc3c(NC(=O)c4ccc(F)cc4)cccc32)no1. The lowest BCUT2D eigenvalue weighted by Gasteiger charge is -2.32. The molecule has 0 atom stereocenters. The molecule has 0 saturated carbocycles. The third-order valence-corrected chi connectivity index (χ3v) is 4.73. The summed E-state index contributed by atoms with van der Waals surface area (Å²) in [5.74, 6) is 0.192. The summed E-state index contributed by atoms with van der Waals surface area (Å²) in [6.07, 6.45) is 1.89. The molecule has 6 heteroatoms. The number of nitrogens with one attached hydrogen (secondary N) is 1. The average molecular weight is 365 g/mol. The largest absolute Gasteiger partial charge is 0.365 e. The predicted molar refractivity (Wildman–Crippen MR) is 101 cm³/mol. The van der Waals surface area contributed by atoms with Crippen molar-refractivity contribution in [3.8, 4) is 0 Å². The molecule has 1 aliphatic rings. The highest BCUT2D eigenvalue weighted by Gasteiger charge is 2.21. The van der Waals surface area contributed by atoms with E-state index in [0.717, 1.165) is 47.8 Å². The van der Waals surface area contributed by atoms with Gasteiger partial charge in [0, 0.05) is 29.5 Å². The van der Waals surface area contributed by atoms with Gasteiger partial charge in [0.15, 0.2) is 0 Å². The Bertz CT molecular complexity index is 966. The fourth-order valence-electron chi connectivity index (χ4n) is 3.47. The van der Waals surface area contributed by atoms with Gasteiger partial charge >= 0.3 is 0 Å². The summed E-state index contributed by atoms with van der Waals surface area (Å²) in [6, 6.07) is 13.4. The normalized spacial score (nSPS) is 13.3. The fourth-order valence-corrected chi connectivity index (χ4v) is 3.47. The van der Waals surface area contributed by atoms with E-state index in [-0.39, 0.29) is 11.7 Å². The molecule has 3 aromatic rings. The lowest BCUT2D eigenvalue weighted by molar-refractivity contribution is 0.102. The van der Waals surface area contributed by atoms with Gasteiger partial charge in [0.25, 0.3) is 5.91 Å². The van der Waals surface area contributed by atoms with Gasteiger partial charge in [0.1, 0.15) is 17.3 Å². The number of halogens is 1. The fraction of sp³-hybridized carbons (Fsp3) is 0.238. The lowest BCUT2D eigenvalue weighted by atomic mass is 9.99. The van der Waals surface area contributed by atoms with Crippen LogP contribution in [0.5, 0.6) is 0 Å². The highest BCUT2D eigenvalue weighted by Crippen LogP contribution is 2.34. The van der Waals surface area contributed by atoms with Crippen molar-refractivity contribution >= 4 is 17.3 Å². The topological polar surface area (TPSA) is 58.4 Å². The summed E-state index contributed by atoms with van der Waals surface area (Å²) < 4.78 is 18.2. The molecule has 1 aromatic heterocycles. The molecule has 0 saturated heterocycles. The molecule has 0 spiro atoms. The first kappa shape index (κ1) is 17.3. The van der Waals surface area contributed by atoms with Crippen LogP contribution in [0.25, 0.3) is 0 Å². The van der Waals surface area contributed by atoms with Gasteiger partial charge < -0.3 is 14.7 Å². The number of hydrogen-bond donors (Lipinski definition) is 1. The number of aromatic nitrogens is 1. The average Bonchev–Trinajstić information content (AvgIpc) is 3.08. The van der Waals surface area contributed by atoms with Crippen molar-refractivity contribution in [2.24, 2.45) is 0 Å². The van der Waals surface area contributed by atoms with Crippen LogP contribution in [0.1, 0.15) is 33.8 Å². The van der Waals surface area contributed by atoms with Crippen molar-refractivity contribution < 1.29 is 13.7 Å². The Kier molecular flexibility index (Phi) is 4.62. The van der Waals surface area contributed by atoms with Gasteiger partial charge in [-0.3, -0.25) is 4.79 Å². The molecule has 0 radical (unpaired) electrons. The third-order valence-electron chi connectivity index (χ3n) is 4.73. The number of carbonyl (C=O) groups is 1. The number of rotatable bonds is 4. The van der Waals surface area contributed by atoms with Crippen LogP contribution in [0.2, 0.25) is 0 Å². The van der Waals surface area contributed by atoms with E-state index in [4.69, 9.17) is 4.52 Å². The molecule has 2 heterocycles. The Morgan fingerprint density at radius 3 is 2.81 bits per heavy atom. The first-order chi connectivity index (χ1) is 13.1. The Morgan fingerprint density at radius 1 is 1.26 bits per heavy atom. The zero-order valence-corrected chi connectivity index (χ0v) is 15.0. The minimum Gasteiger partial charge on any atom is -0.365 e. The Hall–Kier alpha value is -3.15. The highest BCUT2D eigenvalue weighted by atomic mass is 19.1. The van der Waals surface area contributed by atoms with Crippen LogP contribution in [0.15, 0.2) is 53.1 Å². The molecular weight excluding hydrogens is 345 g/mol. The van der Waals surface area contributed by atoms with E-state index in [1.54, 1.807) is 0 Å². The maximum atomic E-state index is 13.1. The van der Waals surface area contributed by atoms with Crippen molar-refractivity contribution in [3.63, 3.8) is 0 Å². The first-order valence-electron chi connectivity index (χ1n) is 8.96. The van der Waals surface area contributed by atoms with E-state index in [1.165, 1.54) is 24.3 Å². The Morgan fingerprint density at radius 2 is 2.07 bits per heavy atom. The van der Waals surface area contributed by atoms with Crippen molar-refractivity contribution in [2.45, 2.75) is 26.3 Å². The molecule has 1 N–H and O–H groups in total. The van der Waals surface area contributed by atoms with Crippen LogP contribution in [0.4, 0.5) is 15.8 Å². The number of hydrogen-bond acceptors (Lipinski definition) is 4. The molecule has 27 heavy (non-hydrogen) atoms. The smallest absolute Gasteiger partial charge is 0.255 e. The molecule has 2 aromatic carbocycles. The number of aryl methyl sites for hydroxylation is 1. The molecule has 5 nitrogen and oxygen atoms in total. The van der Waals surface area contributed by atoms with Gasteiger partial charge in [0.05, 0.1) is 6.54 Å². The summed E-state index contributed by atoms with van der Waals surface area (Å²) >= 11 is 0. The van der Waals surface area contributed by atoms with E-state index >= 15 is 0 Å². The van der Waals surface area contributed by atoms with Crippen molar-refractivity contribution in [1.82, 2.24) is 5.16 Å². The van der Waals surface area contributed by atoms with Crippen LogP contribution in [-0.2, 0) is 13.0 Å². The van der Waals surface area contributed by atoms with Crippen LogP contribution in [0, 0.1) is 12.7 Å². The molecule has 0 bridgehead atoms. The van der Waals surface area contributed by atoms with E-state index < -0.39 is 0 Å². The number of anilines is 2. The van der Waals surface area contributed by atoms with Crippen molar-refractivity contribution in [3.05, 3.63) is 76.9 Å². The molecule has 0 aliphatic carbocycles. The van der Waals surface area contributed by atoms with Crippen molar-refractivity contribution in [1.29, 1.82) is 0 Å². The quantitative estimate of drug-likeness (QED) is 0.748. The van der Waals surface area contributed by atoms with Crippen LogP contribution in [0.3, 0.4) is 0 Å². The summed E-state index contributed by atoms with van der Waals surface area (Å²) in [6.45, 7) is 3.47. The first-order valence-corrected chi connectivity index (χ1v) is 8.96. The second-order valence-electron chi connectivity index (χ2n) is 6.72. The second-order valence-corrected chi connectivity index (χ2v) is 6.72. The number of nitrogens with zero attached hydrogens (tertiary/aromatic N) is 2. The number of amides is 1. The van der Waals surface area contributed by atoms with Gasteiger partial charge in [0.2, 0.25) is 0 Å². The molecule has 1 aliphatic heterocycles. The summed E-state index contributed by atoms with van der Waals surface area (Å²) in [5.41, 5.74) is 4.32. The van der Waals surface area contributed by atoms with E-state index in [1.807, 2.05) is 25.1 Å². The maximum Gasteiger partial charge on any atom is 0.255 e. The second kappa shape index (κ2) is 7.23. The van der Waals surface area contributed by atoms with Gasteiger partial charge in [-0.25, -0.2) is 4.39 Å². The minimum absolute atomic E-state index is 0.243. The highest BCUT2D eigenvalue weighted by molar-refractivity contribution is 6.05. The van der Waals surface area contributed by atoms with Gasteiger partial charge in [-0.2, -0.15) is 0 Å². The van der Waals surface area contributed by atoms with Crippen LogP contribution in [-0.4, -0.2) is 17.6 Å². The Balaban J connectivity index is 1.57. The molecule has 0 fully saturated rings. The predicted octanol–water partition coefficient (Wildman–Crippen LogP) is 4.33. The standard InChI is InChI=1S/C21H20FN3O2/c1-14-12-17(24-27-14)13-25-11-3-4-18-19(5-2-6-20(18)25)23-21(26)15-7-9-16(22)10-8-15/h2,5-10,12H,3-4,11,13H2,1H3,(H,23,26). The minimum atomic E-state index is -0.359. The number of benzene rings is 2. The van der Waals surface area contributed by atoms with Gasteiger partial charge in [-0.15, -0.1) is 0 Å². The van der Waals surface area contributed by atoms with Crippen LogP contribution >= 0.6 is 0 Å². The van der Waals surface area contributed by atoms with Gasteiger partial charge in [-0.05, 0) is 61.7 Å². The summed E-state index contributed by atoms with van der Waals surface area (Å²) in [5, 5.41) is 7.06. The molecular formula is C21H20FN3O2. The van der Waals surface area contributed by atoms with Gasteiger partial charge in [-0.1, -0.05) is 11.2 Å². The summed E-state index contributed by atoms with van der Waals surface area (Å²) in [4.78, 5) is 14.8. The zero-order valence-electron chi connectivity index (χ0n) is 15.0. The monoisotopic (exact) mass is 365 g/mol. The van der Waals surface area contributed by atoms with Crippen molar-refractivity contribution in [2.75, 3.05) is 16.8 Å². The molecule has 4 rings (SSSR count). The number of carbonyl (C=O) groups excluding carboxylic acids is 1. The maximum absolute atomic E-state index is 13.1.